The summed E-state index contributed by atoms with van der Waals surface area (Å²) in [5.41, 5.74) is 1.41. The van der Waals surface area contributed by atoms with Gasteiger partial charge in [0.15, 0.2) is 0 Å². The number of carbonyl (C=O) groups is 1. The van der Waals surface area contributed by atoms with E-state index in [4.69, 9.17) is 0 Å². The molecule has 20 heavy (non-hydrogen) atoms. The molecule has 0 N–H and O–H groups in total. The summed E-state index contributed by atoms with van der Waals surface area (Å²) >= 11 is 1.53. The van der Waals surface area contributed by atoms with Gasteiger partial charge in [0.25, 0.3) is 5.91 Å². The number of carbonyl (C=O) groups excluding carboxylic acids is 1. The topological polar surface area (TPSA) is 20.3 Å². The second-order valence-corrected chi connectivity index (χ2v) is 6.40. The van der Waals surface area contributed by atoms with Gasteiger partial charge in [-0.05, 0) is 42.7 Å². The lowest BCUT2D eigenvalue weighted by atomic mass is 9.86. The normalized spacial score (nSPS) is 22.8. The summed E-state index contributed by atoms with van der Waals surface area (Å²) in [7, 11) is 0. The van der Waals surface area contributed by atoms with Gasteiger partial charge in [-0.1, -0.05) is 36.4 Å². The first-order valence-corrected chi connectivity index (χ1v) is 8.03. The van der Waals surface area contributed by atoms with Gasteiger partial charge in [-0.15, -0.1) is 11.3 Å². The minimum atomic E-state index is 0.194. The maximum atomic E-state index is 12.5. The fraction of sp³-hybridized carbons (Fsp3) is 0.353. The van der Waals surface area contributed by atoms with Crippen LogP contribution in [0.2, 0.25) is 0 Å². The minimum Gasteiger partial charge on any atom is -0.335 e. The number of piperidine rings is 1. The van der Waals surface area contributed by atoms with Crippen LogP contribution < -0.4 is 0 Å². The molecular weight excluding hydrogens is 266 g/mol. The Labute approximate surface area is 124 Å². The van der Waals surface area contributed by atoms with Crippen molar-refractivity contribution in [1.29, 1.82) is 0 Å². The van der Waals surface area contributed by atoms with E-state index in [1.54, 1.807) is 0 Å². The van der Waals surface area contributed by atoms with Gasteiger partial charge >= 0.3 is 0 Å². The third-order valence-corrected chi connectivity index (χ3v) is 5.00. The van der Waals surface area contributed by atoms with Gasteiger partial charge in [-0.2, -0.15) is 0 Å². The highest BCUT2D eigenvalue weighted by Gasteiger charge is 2.30. The van der Waals surface area contributed by atoms with Crippen molar-refractivity contribution in [3.8, 4) is 0 Å². The summed E-state index contributed by atoms with van der Waals surface area (Å²) in [6.45, 7) is 3.03. The fourth-order valence-electron chi connectivity index (χ4n) is 3.04. The molecule has 104 valence electrons. The molecule has 0 radical (unpaired) electrons. The van der Waals surface area contributed by atoms with Crippen molar-refractivity contribution in [2.75, 3.05) is 6.54 Å². The Balaban J connectivity index is 1.70. The zero-order valence-electron chi connectivity index (χ0n) is 11.7. The SMILES string of the molecule is CC1CC(c2ccccc2)CCN1C(=O)c1cccs1. The highest BCUT2D eigenvalue weighted by molar-refractivity contribution is 7.12. The van der Waals surface area contributed by atoms with E-state index < -0.39 is 0 Å². The van der Waals surface area contributed by atoms with E-state index in [0.29, 0.717) is 12.0 Å². The van der Waals surface area contributed by atoms with Gasteiger partial charge < -0.3 is 4.90 Å². The predicted molar refractivity (Wildman–Crippen MR) is 83.2 cm³/mol. The second kappa shape index (κ2) is 5.80. The van der Waals surface area contributed by atoms with Crippen LogP contribution in [0.1, 0.15) is 40.9 Å². The molecule has 2 aromatic rings. The van der Waals surface area contributed by atoms with Gasteiger partial charge in [-0.3, -0.25) is 4.79 Å². The fourth-order valence-corrected chi connectivity index (χ4v) is 3.72. The van der Waals surface area contributed by atoms with Crippen molar-refractivity contribution in [2.24, 2.45) is 0 Å². The Morgan fingerprint density at radius 3 is 2.65 bits per heavy atom. The molecule has 1 aliphatic rings. The number of amides is 1. The molecule has 2 nitrogen and oxygen atoms in total. The standard InChI is InChI=1S/C17H19NOS/c1-13-12-15(14-6-3-2-4-7-14)9-10-18(13)17(19)16-8-5-11-20-16/h2-8,11,13,15H,9-10,12H2,1H3. The second-order valence-electron chi connectivity index (χ2n) is 5.46. The zero-order valence-corrected chi connectivity index (χ0v) is 12.5. The highest BCUT2D eigenvalue weighted by atomic mass is 32.1. The lowest BCUT2D eigenvalue weighted by molar-refractivity contribution is 0.0621. The van der Waals surface area contributed by atoms with E-state index in [1.165, 1.54) is 16.9 Å². The molecule has 3 heteroatoms. The van der Waals surface area contributed by atoms with E-state index in [1.807, 2.05) is 22.4 Å². The van der Waals surface area contributed by atoms with Crippen molar-refractivity contribution in [1.82, 2.24) is 4.90 Å². The Kier molecular flexibility index (Phi) is 3.88. The van der Waals surface area contributed by atoms with E-state index in [-0.39, 0.29) is 5.91 Å². The molecule has 1 aromatic heterocycles. The van der Waals surface area contributed by atoms with Crippen LogP contribution >= 0.6 is 11.3 Å². The third-order valence-electron chi connectivity index (χ3n) is 4.14. The molecule has 1 saturated heterocycles. The van der Waals surface area contributed by atoms with E-state index >= 15 is 0 Å². The molecule has 0 aliphatic carbocycles. The van der Waals surface area contributed by atoms with Crippen molar-refractivity contribution in [3.63, 3.8) is 0 Å². The predicted octanol–water partition coefficient (Wildman–Crippen LogP) is 4.16. The van der Waals surface area contributed by atoms with Crippen molar-refractivity contribution in [3.05, 3.63) is 58.3 Å². The molecule has 2 unspecified atom stereocenters. The average Bonchev–Trinajstić information content (AvgIpc) is 3.01. The average molecular weight is 285 g/mol. The van der Waals surface area contributed by atoms with Crippen LogP contribution in [0, 0.1) is 0 Å². The van der Waals surface area contributed by atoms with E-state index in [0.717, 1.165) is 24.3 Å². The van der Waals surface area contributed by atoms with Gasteiger partial charge in [0, 0.05) is 12.6 Å². The molecule has 1 amide bonds. The number of likely N-dealkylation sites (tertiary alicyclic amines) is 1. The number of hydrogen-bond acceptors (Lipinski definition) is 2. The lowest BCUT2D eigenvalue weighted by Gasteiger charge is -2.37. The Morgan fingerprint density at radius 1 is 1.20 bits per heavy atom. The first-order chi connectivity index (χ1) is 9.75. The summed E-state index contributed by atoms with van der Waals surface area (Å²) in [6.07, 6.45) is 2.12. The first-order valence-electron chi connectivity index (χ1n) is 7.15. The molecule has 2 atom stereocenters. The third kappa shape index (κ3) is 2.63. The molecule has 1 fully saturated rings. The van der Waals surface area contributed by atoms with E-state index in [2.05, 4.69) is 37.3 Å². The lowest BCUT2D eigenvalue weighted by Crippen LogP contribution is -2.43. The van der Waals surface area contributed by atoms with Crippen LogP contribution in [0.25, 0.3) is 0 Å². The summed E-state index contributed by atoms with van der Waals surface area (Å²) in [5, 5.41) is 1.97. The Bertz CT molecular complexity index is 564. The molecule has 3 rings (SSSR count). The summed E-state index contributed by atoms with van der Waals surface area (Å²) in [6, 6.07) is 14.8. The number of thiophene rings is 1. The number of rotatable bonds is 2. The zero-order chi connectivity index (χ0) is 13.9. The largest absolute Gasteiger partial charge is 0.335 e. The molecule has 0 saturated carbocycles. The number of benzene rings is 1. The van der Waals surface area contributed by atoms with Crippen LogP contribution in [-0.2, 0) is 0 Å². The molecule has 2 heterocycles. The highest BCUT2D eigenvalue weighted by Crippen LogP contribution is 2.32. The van der Waals surface area contributed by atoms with Gasteiger partial charge in [-0.25, -0.2) is 0 Å². The maximum absolute atomic E-state index is 12.5. The van der Waals surface area contributed by atoms with Crippen molar-refractivity contribution < 1.29 is 4.79 Å². The number of nitrogens with zero attached hydrogens (tertiary/aromatic N) is 1. The molecule has 1 aromatic carbocycles. The van der Waals surface area contributed by atoms with Crippen LogP contribution in [0.3, 0.4) is 0 Å². The molecule has 1 aliphatic heterocycles. The van der Waals surface area contributed by atoms with Crippen LogP contribution in [-0.4, -0.2) is 23.4 Å². The smallest absolute Gasteiger partial charge is 0.264 e. The first kappa shape index (κ1) is 13.4. The van der Waals surface area contributed by atoms with Gasteiger partial charge in [0.05, 0.1) is 4.88 Å². The molecule has 0 bridgehead atoms. The Morgan fingerprint density at radius 2 is 2.00 bits per heavy atom. The van der Waals surface area contributed by atoms with Crippen LogP contribution in [0.5, 0.6) is 0 Å². The minimum absolute atomic E-state index is 0.194. The molecule has 0 spiro atoms. The quantitative estimate of drug-likeness (QED) is 0.811. The van der Waals surface area contributed by atoms with Crippen molar-refractivity contribution in [2.45, 2.75) is 31.7 Å². The summed E-state index contributed by atoms with van der Waals surface area (Å²) in [5.74, 6) is 0.776. The van der Waals surface area contributed by atoms with Crippen LogP contribution in [0.15, 0.2) is 47.8 Å². The van der Waals surface area contributed by atoms with Gasteiger partial charge in [0.2, 0.25) is 0 Å². The van der Waals surface area contributed by atoms with Gasteiger partial charge in [0.1, 0.15) is 0 Å². The maximum Gasteiger partial charge on any atom is 0.264 e. The molecular formula is C17H19NOS. The monoisotopic (exact) mass is 285 g/mol. The van der Waals surface area contributed by atoms with E-state index in [9.17, 15) is 4.79 Å². The summed E-state index contributed by atoms with van der Waals surface area (Å²) in [4.78, 5) is 15.3. The van der Waals surface area contributed by atoms with Crippen LogP contribution in [0.4, 0.5) is 0 Å². The van der Waals surface area contributed by atoms with Crippen molar-refractivity contribution >= 4 is 17.2 Å². The Hall–Kier alpha value is -1.61. The number of hydrogen-bond donors (Lipinski definition) is 0. The summed E-state index contributed by atoms with van der Waals surface area (Å²) < 4.78 is 0.